The summed E-state index contributed by atoms with van der Waals surface area (Å²) in [6.45, 7) is 3.71. The molecule has 0 aromatic heterocycles. The summed E-state index contributed by atoms with van der Waals surface area (Å²) in [4.78, 5) is 24.9. The van der Waals surface area contributed by atoms with E-state index in [1.165, 1.54) is 6.42 Å². The summed E-state index contributed by atoms with van der Waals surface area (Å²) in [6.07, 6.45) is 6.66. The van der Waals surface area contributed by atoms with Crippen LogP contribution in [0.1, 0.15) is 58.8 Å². The molecule has 2 amide bonds. The first-order chi connectivity index (χ1) is 12.4. The zero-order chi connectivity index (χ0) is 19.2. The highest BCUT2D eigenvalue weighted by Gasteiger charge is 2.27. The van der Waals surface area contributed by atoms with Crippen LogP contribution >= 0.6 is 12.4 Å². The maximum absolute atomic E-state index is 12.5. The van der Waals surface area contributed by atoms with Crippen LogP contribution in [0.25, 0.3) is 0 Å². The van der Waals surface area contributed by atoms with Gasteiger partial charge in [0.25, 0.3) is 0 Å². The van der Waals surface area contributed by atoms with Gasteiger partial charge in [-0.25, -0.2) is 0 Å². The van der Waals surface area contributed by atoms with E-state index in [9.17, 15) is 9.59 Å². The van der Waals surface area contributed by atoms with Gasteiger partial charge >= 0.3 is 0 Å². The SMILES string of the molecule is CCCC(C)(N)C(=O)Nc1ccc(OC)c(NC(=O)C2CCCCC2)c1.Cl. The number of methoxy groups -OCH3 is 1. The first-order valence-corrected chi connectivity index (χ1v) is 9.46. The van der Waals surface area contributed by atoms with Gasteiger partial charge in [-0.1, -0.05) is 32.6 Å². The number of carbonyl (C=O) groups excluding carboxylic acids is 2. The predicted molar refractivity (Wildman–Crippen MR) is 112 cm³/mol. The van der Waals surface area contributed by atoms with Gasteiger partial charge in [0.2, 0.25) is 11.8 Å². The van der Waals surface area contributed by atoms with E-state index in [0.29, 0.717) is 23.5 Å². The molecule has 1 saturated carbocycles. The number of amides is 2. The molecule has 27 heavy (non-hydrogen) atoms. The van der Waals surface area contributed by atoms with Gasteiger partial charge in [-0.3, -0.25) is 9.59 Å². The standard InChI is InChI=1S/C20H31N3O3.ClH/c1-4-12-20(2,21)19(25)22-15-10-11-17(26-3)16(13-15)23-18(24)14-8-6-5-7-9-14;/h10-11,13-14H,4-9,12,21H2,1-3H3,(H,22,25)(H,23,24);1H. The van der Waals surface area contributed by atoms with E-state index in [4.69, 9.17) is 10.5 Å². The van der Waals surface area contributed by atoms with Crippen LogP contribution in [0.5, 0.6) is 5.75 Å². The number of hydrogen-bond acceptors (Lipinski definition) is 4. The van der Waals surface area contributed by atoms with Crippen molar-refractivity contribution in [2.24, 2.45) is 11.7 Å². The number of hydrogen-bond donors (Lipinski definition) is 3. The van der Waals surface area contributed by atoms with E-state index >= 15 is 0 Å². The topological polar surface area (TPSA) is 93.5 Å². The van der Waals surface area contributed by atoms with Crippen molar-refractivity contribution in [3.8, 4) is 5.75 Å². The van der Waals surface area contributed by atoms with Gasteiger partial charge in [-0.05, 0) is 44.4 Å². The summed E-state index contributed by atoms with van der Waals surface area (Å²) in [7, 11) is 1.56. The van der Waals surface area contributed by atoms with Crippen LogP contribution < -0.4 is 21.1 Å². The summed E-state index contributed by atoms with van der Waals surface area (Å²) in [5, 5.41) is 5.80. The number of rotatable bonds is 7. The third-order valence-electron chi connectivity index (χ3n) is 4.98. The fraction of sp³-hybridized carbons (Fsp3) is 0.600. The van der Waals surface area contributed by atoms with Gasteiger partial charge in [-0.2, -0.15) is 0 Å². The van der Waals surface area contributed by atoms with E-state index in [2.05, 4.69) is 10.6 Å². The van der Waals surface area contributed by atoms with Crippen LogP contribution in [0.15, 0.2) is 18.2 Å². The average Bonchev–Trinajstić information content (AvgIpc) is 2.62. The Morgan fingerprint density at radius 1 is 1.22 bits per heavy atom. The molecular formula is C20H32ClN3O3. The van der Waals surface area contributed by atoms with Crippen molar-refractivity contribution in [2.45, 2.75) is 64.3 Å². The van der Waals surface area contributed by atoms with Crippen LogP contribution in [0.3, 0.4) is 0 Å². The van der Waals surface area contributed by atoms with Crippen LogP contribution in [0.2, 0.25) is 0 Å². The molecule has 1 aromatic carbocycles. The Hall–Kier alpha value is -1.79. The van der Waals surface area contributed by atoms with Gasteiger partial charge in [0, 0.05) is 11.6 Å². The summed E-state index contributed by atoms with van der Waals surface area (Å²) >= 11 is 0. The second-order valence-corrected chi connectivity index (χ2v) is 7.36. The van der Waals surface area contributed by atoms with Gasteiger partial charge in [0.15, 0.2) is 0 Å². The molecule has 0 spiro atoms. The lowest BCUT2D eigenvalue weighted by Crippen LogP contribution is -2.48. The first-order valence-electron chi connectivity index (χ1n) is 9.46. The minimum atomic E-state index is -0.930. The molecule has 4 N–H and O–H groups in total. The Morgan fingerprint density at radius 3 is 2.48 bits per heavy atom. The molecule has 1 aliphatic rings. The third-order valence-corrected chi connectivity index (χ3v) is 4.98. The average molecular weight is 398 g/mol. The normalized spacial score (nSPS) is 16.6. The lowest BCUT2D eigenvalue weighted by molar-refractivity contribution is -0.121. The third kappa shape index (κ3) is 6.40. The Kier molecular flexibility index (Phi) is 9.06. The molecule has 6 nitrogen and oxygen atoms in total. The van der Waals surface area contributed by atoms with Crippen molar-refractivity contribution >= 4 is 35.6 Å². The summed E-state index contributed by atoms with van der Waals surface area (Å²) in [5.41, 5.74) is 6.30. The van der Waals surface area contributed by atoms with Crippen molar-refractivity contribution < 1.29 is 14.3 Å². The number of carbonyl (C=O) groups is 2. The maximum atomic E-state index is 12.5. The van der Waals surface area contributed by atoms with Crippen molar-refractivity contribution in [3.63, 3.8) is 0 Å². The molecular weight excluding hydrogens is 366 g/mol. The molecule has 0 heterocycles. The second-order valence-electron chi connectivity index (χ2n) is 7.36. The largest absolute Gasteiger partial charge is 0.495 e. The minimum Gasteiger partial charge on any atom is -0.495 e. The Bertz CT molecular complexity index is 643. The maximum Gasteiger partial charge on any atom is 0.244 e. The van der Waals surface area contributed by atoms with Crippen molar-refractivity contribution in [1.29, 1.82) is 0 Å². The van der Waals surface area contributed by atoms with Gasteiger partial charge in [0.1, 0.15) is 5.75 Å². The second kappa shape index (κ2) is 10.5. The van der Waals surface area contributed by atoms with Gasteiger partial charge in [-0.15, -0.1) is 12.4 Å². The van der Waals surface area contributed by atoms with Gasteiger partial charge in [0.05, 0.1) is 18.3 Å². The van der Waals surface area contributed by atoms with Crippen molar-refractivity contribution in [1.82, 2.24) is 0 Å². The van der Waals surface area contributed by atoms with Crippen LogP contribution in [-0.4, -0.2) is 24.5 Å². The van der Waals surface area contributed by atoms with Crippen LogP contribution in [-0.2, 0) is 9.59 Å². The Balaban J connectivity index is 0.00000364. The molecule has 7 heteroatoms. The van der Waals surface area contributed by atoms with E-state index < -0.39 is 5.54 Å². The van der Waals surface area contributed by atoms with E-state index in [0.717, 1.165) is 32.1 Å². The quantitative estimate of drug-likeness (QED) is 0.645. The van der Waals surface area contributed by atoms with E-state index in [1.54, 1.807) is 32.2 Å². The molecule has 152 valence electrons. The Morgan fingerprint density at radius 2 is 1.89 bits per heavy atom. The number of benzene rings is 1. The molecule has 1 aliphatic carbocycles. The fourth-order valence-corrected chi connectivity index (χ4v) is 3.39. The number of nitrogens with two attached hydrogens (primary N) is 1. The lowest BCUT2D eigenvalue weighted by Gasteiger charge is -2.24. The van der Waals surface area contributed by atoms with Crippen LogP contribution in [0, 0.1) is 5.92 Å². The zero-order valence-corrected chi connectivity index (χ0v) is 17.3. The molecule has 1 fully saturated rings. The molecule has 0 bridgehead atoms. The van der Waals surface area contributed by atoms with Crippen molar-refractivity contribution in [3.05, 3.63) is 18.2 Å². The first kappa shape index (κ1) is 23.2. The van der Waals surface area contributed by atoms with E-state index in [1.807, 2.05) is 6.92 Å². The summed E-state index contributed by atoms with van der Waals surface area (Å²) in [5.74, 6) is 0.384. The Labute approximate surface area is 168 Å². The fourth-order valence-electron chi connectivity index (χ4n) is 3.39. The molecule has 0 radical (unpaired) electrons. The molecule has 0 saturated heterocycles. The highest BCUT2D eigenvalue weighted by atomic mass is 35.5. The van der Waals surface area contributed by atoms with Crippen LogP contribution in [0.4, 0.5) is 11.4 Å². The predicted octanol–water partition coefficient (Wildman–Crippen LogP) is 4.09. The summed E-state index contributed by atoms with van der Waals surface area (Å²) < 4.78 is 5.35. The summed E-state index contributed by atoms with van der Waals surface area (Å²) in [6, 6.07) is 5.20. The monoisotopic (exact) mass is 397 g/mol. The minimum absolute atomic E-state index is 0. The number of anilines is 2. The molecule has 1 aromatic rings. The smallest absolute Gasteiger partial charge is 0.244 e. The molecule has 2 rings (SSSR count). The lowest BCUT2D eigenvalue weighted by atomic mass is 9.88. The highest BCUT2D eigenvalue weighted by molar-refractivity contribution is 5.99. The van der Waals surface area contributed by atoms with Crippen molar-refractivity contribution in [2.75, 3.05) is 17.7 Å². The number of halogens is 1. The number of nitrogens with one attached hydrogen (secondary N) is 2. The molecule has 0 aliphatic heterocycles. The zero-order valence-electron chi connectivity index (χ0n) is 16.5. The van der Waals surface area contributed by atoms with Gasteiger partial charge < -0.3 is 21.1 Å². The molecule has 1 atom stereocenters. The molecule has 1 unspecified atom stereocenters. The number of ether oxygens (including phenoxy) is 1. The highest BCUT2D eigenvalue weighted by Crippen LogP contribution is 2.31. The van der Waals surface area contributed by atoms with E-state index in [-0.39, 0.29) is 30.1 Å².